The molecule has 1 saturated heterocycles. The van der Waals surface area contributed by atoms with E-state index in [0.717, 1.165) is 67.5 Å². The highest BCUT2D eigenvalue weighted by molar-refractivity contribution is 5.83. The molecule has 2 N–H and O–H groups in total. The Hall–Kier alpha value is -2.96. The number of methoxy groups -OCH3 is 1. The molecule has 4 rings (SSSR count). The number of rotatable bonds is 12. The van der Waals surface area contributed by atoms with E-state index in [9.17, 15) is 15.0 Å². The monoisotopic (exact) mass is 490 g/mol. The van der Waals surface area contributed by atoms with E-state index >= 15 is 0 Å². The van der Waals surface area contributed by atoms with Crippen molar-refractivity contribution in [1.29, 1.82) is 0 Å². The van der Waals surface area contributed by atoms with Gasteiger partial charge in [-0.15, -0.1) is 0 Å². The van der Waals surface area contributed by atoms with Crippen molar-refractivity contribution in [2.75, 3.05) is 26.7 Å². The fourth-order valence-corrected chi connectivity index (χ4v) is 5.62. The average Bonchev–Trinajstić information content (AvgIpc) is 2.91. The van der Waals surface area contributed by atoms with Gasteiger partial charge in [-0.2, -0.15) is 0 Å². The average molecular weight is 491 g/mol. The van der Waals surface area contributed by atoms with Crippen LogP contribution < -0.4 is 4.74 Å². The first kappa shape index (κ1) is 26.1. The SMILES string of the molecule is COc1ccc2nccc(C(O)CC[C@@H]3CCN(CCCc4ccccc4)C[C@@H]3CCC(=O)O)c2c1. The number of likely N-dealkylation sites (tertiary alicyclic amines) is 1. The van der Waals surface area contributed by atoms with Crippen molar-refractivity contribution in [3.63, 3.8) is 0 Å². The van der Waals surface area contributed by atoms with E-state index < -0.39 is 12.1 Å². The molecule has 36 heavy (non-hydrogen) atoms. The highest BCUT2D eigenvalue weighted by Crippen LogP contribution is 2.35. The Morgan fingerprint density at radius 1 is 1.14 bits per heavy atom. The number of aliphatic hydroxyl groups is 1. The summed E-state index contributed by atoms with van der Waals surface area (Å²) in [6.07, 6.45) is 6.82. The highest BCUT2D eigenvalue weighted by Gasteiger charge is 2.30. The van der Waals surface area contributed by atoms with Crippen molar-refractivity contribution < 1.29 is 19.7 Å². The van der Waals surface area contributed by atoms with Crippen molar-refractivity contribution in [2.24, 2.45) is 11.8 Å². The van der Waals surface area contributed by atoms with E-state index in [2.05, 4.69) is 34.1 Å². The van der Waals surface area contributed by atoms with Gasteiger partial charge in [0, 0.05) is 24.5 Å². The van der Waals surface area contributed by atoms with Crippen LogP contribution in [0, 0.1) is 11.8 Å². The molecular formula is C30H38N2O4. The molecule has 0 saturated carbocycles. The first-order valence-corrected chi connectivity index (χ1v) is 13.1. The summed E-state index contributed by atoms with van der Waals surface area (Å²) in [5, 5.41) is 21.3. The maximum absolute atomic E-state index is 11.3. The number of benzene rings is 2. The van der Waals surface area contributed by atoms with Crippen LogP contribution in [0.4, 0.5) is 0 Å². The molecule has 2 aromatic carbocycles. The van der Waals surface area contributed by atoms with Crippen LogP contribution in [0.15, 0.2) is 60.8 Å². The molecule has 192 valence electrons. The van der Waals surface area contributed by atoms with Crippen LogP contribution in [0.1, 0.15) is 55.8 Å². The lowest BCUT2D eigenvalue weighted by Crippen LogP contribution is -2.41. The number of carboxylic acid groups (broad SMARTS) is 1. The number of aryl methyl sites for hydroxylation is 1. The number of nitrogens with zero attached hydrogens (tertiary/aromatic N) is 2. The zero-order valence-electron chi connectivity index (χ0n) is 21.2. The van der Waals surface area contributed by atoms with Crippen molar-refractivity contribution in [2.45, 2.75) is 51.0 Å². The number of aliphatic carboxylic acids is 1. The fraction of sp³-hybridized carbons (Fsp3) is 0.467. The summed E-state index contributed by atoms with van der Waals surface area (Å²) < 4.78 is 5.37. The molecule has 0 aliphatic carbocycles. The lowest BCUT2D eigenvalue weighted by molar-refractivity contribution is -0.137. The van der Waals surface area contributed by atoms with Gasteiger partial charge in [0.15, 0.2) is 0 Å². The number of aliphatic hydroxyl groups excluding tert-OH is 1. The van der Waals surface area contributed by atoms with E-state index in [4.69, 9.17) is 4.74 Å². The second-order valence-corrected chi connectivity index (χ2v) is 10.0. The van der Waals surface area contributed by atoms with Gasteiger partial charge < -0.3 is 19.8 Å². The van der Waals surface area contributed by atoms with Gasteiger partial charge in [0.1, 0.15) is 5.75 Å². The van der Waals surface area contributed by atoms with Gasteiger partial charge >= 0.3 is 5.97 Å². The number of fused-ring (bicyclic) bond motifs is 1. The number of hydrogen-bond donors (Lipinski definition) is 2. The molecule has 0 bridgehead atoms. The third-order valence-electron chi connectivity index (χ3n) is 7.64. The third-order valence-corrected chi connectivity index (χ3v) is 7.64. The molecule has 1 aromatic heterocycles. The van der Waals surface area contributed by atoms with Crippen LogP contribution in [0.3, 0.4) is 0 Å². The first-order valence-electron chi connectivity index (χ1n) is 13.1. The minimum Gasteiger partial charge on any atom is -0.497 e. The van der Waals surface area contributed by atoms with Gasteiger partial charge in [-0.25, -0.2) is 0 Å². The van der Waals surface area contributed by atoms with Crippen LogP contribution in [0.2, 0.25) is 0 Å². The predicted octanol–water partition coefficient (Wildman–Crippen LogP) is 5.49. The van der Waals surface area contributed by atoms with E-state index in [-0.39, 0.29) is 6.42 Å². The molecule has 1 aliphatic rings. The quantitative estimate of drug-likeness (QED) is 0.349. The van der Waals surface area contributed by atoms with Gasteiger partial charge in [-0.05, 0) is 98.8 Å². The van der Waals surface area contributed by atoms with Gasteiger partial charge in [0.25, 0.3) is 0 Å². The predicted molar refractivity (Wildman–Crippen MR) is 142 cm³/mol. The fourth-order valence-electron chi connectivity index (χ4n) is 5.62. The Labute approximate surface area is 213 Å². The summed E-state index contributed by atoms with van der Waals surface area (Å²) in [5.41, 5.74) is 3.08. The molecule has 6 nitrogen and oxygen atoms in total. The number of pyridine rings is 1. The summed E-state index contributed by atoms with van der Waals surface area (Å²) in [5.74, 6) is 0.782. The van der Waals surface area contributed by atoms with E-state index in [1.807, 2.05) is 30.3 Å². The third kappa shape index (κ3) is 7.05. The minimum absolute atomic E-state index is 0.205. The summed E-state index contributed by atoms with van der Waals surface area (Å²) in [6.45, 7) is 3.02. The summed E-state index contributed by atoms with van der Waals surface area (Å²) in [4.78, 5) is 18.2. The summed E-state index contributed by atoms with van der Waals surface area (Å²) >= 11 is 0. The molecule has 0 spiro atoms. The van der Waals surface area contributed by atoms with Crippen LogP contribution >= 0.6 is 0 Å². The molecule has 1 fully saturated rings. The molecule has 0 amide bonds. The summed E-state index contributed by atoms with van der Waals surface area (Å²) in [7, 11) is 1.64. The second-order valence-electron chi connectivity index (χ2n) is 10.0. The maximum atomic E-state index is 11.3. The molecule has 6 heteroatoms. The number of hydrogen-bond acceptors (Lipinski definition) is 5. The summed E-state index contributed by atoms with van der Waals surface area (Å²) in [6, 6.07) is 18.2. The smallest absolute Gasteiger partial charge is 0.303 e. The zero-order chi connectivity index (χ0) is 25.3. The Morgan fingerprint density at radius 2 is 1.97 bits per heavy atom. The number of aromatic nitrogens is 1. The number of carboxylic acids is 1. The Morgan fingerprint density at radius 3 is 2.75 bits per heavy atom. The normalized spacial score (nSPS) is 19.3. The van der Waals surface area contributed by atoms with Crippen molar-refractivity contribution in [3.8, 4) is 5.75 Å². The second kappa shape index (κ2) is 12.8. The molecule has 3 aromatic rings. The van der Waals surface area contributed by atoms with Crippen LogP contribution in [0.5, 0.6) is 5.75 Å². The van der Waals surface area contributed by atoms with E-state index in [1.165, 1.54) is 5.56 Å². The number of piperidine rings is 1. The Balaban J connectivity index is 1.35. The molecule has 2 heterocycles. The van der Waals surface area contributed by atoms with Crippen LogP contribution in [-0.2, 0) is 11.2 Å². The number of ether oxygens (including phenoxy) is 1. The lowest BCUT2D eigenvalue weighted by Gasteiger charge is -2.39. The molecule has 3 atom stereocenters. The minimum atomic E-state index is -0.729. The maximum Gasteiger partial charge on any atom is 0.303 e. The Kier molecular flexibility index (Phi) is 9.31. The molecule has 0 radical (unpaired) electrons. The zero-order valence-corrected chi connectivity index (χ0v) is 21.2. The van der Waals surface area contributed by atoms with Crippen molar-refractivity contribution >= 4 is 16.9 Å². The standard InChI is InChI=1S/C30H38N2O4/c1-36-25-11-12-28-27(20-25)26(15-17-31-28)29(33)13-9-23-16-19-32(21-24(23)10-14-30(34)35)18-5-8-22-6-3-2-4-7-22/h2-4,6-7,11-12,15,17,20,23-24,29,33H,5,8-10,13-14,16,18-19,21H2,1H3,(H,34,35)/t23-,24+,29?/m1/s1. The first-order chi connectivity index (χ1) is 17.5. The topological polar surface area (TPSA) is 82.9 Å². The molecule has 1 aliphatic heterocycles. The number of carbonyl (C=O) groups is 1. The van der Waals surface area contributed by atoms with E-state index in [1.54, 1.807) is 13.3 Å². The van der Waals surface area contributed by atoms with Crippen LogP contribution in [0.25, 0.3) is 10.9 Å². The van der Waals surface area contributed by atoms with Crippen molar-refractivity contribution in [3.05, 3.63) is 71.9 Å². The molecular weight excluding hydrogens is 452 g/mol. The van der Waals surface area contributed by atoms with Crippen LogP contribution in [-0.4, -0.2) is 52.8 Å². The van der Waals surface area contributed by atoms with Gasteiger partial charge in [-0.1, -0.05) is 30.3 Å². The van der Waals surface area contributed by atoms with Gasteiger partial charge in [0.05, 0.1) is 18.7 Å². The van der Waals surface area contributed by atoms with Gasteiger partial charge in [0.2, 0.25) is 0 Å². The molecule has 1 unspecified atom stereocenters. The highest BCUT2D eigenvalue weighted by atomic mass is 16.5. The van der Waals surface area contributed by atoms with Gasteiger partial charge in [-0.3, -0.25) is 9.78 Å². The van der Waals surface area contributed by atoms with Crippen molar-refractivity contribution in [1.82, 2.24) is 9.88 Å². The van der Waals surface area contributed by atoms with E-state index in [0.29, 0.717) is 24.7 Å². The largest absolute Gasteiger partial charge is 0.497 e. The lowest BCUT2D eigenvalue weighted by atomic mass is 9.79. The Bertz CT molecular complexity index is 1120.